The number of amides is 1. The molecule has 22 heavy (non-hydrogen) atoms. The Morgan fingerprint density at radius 1 is 1.55 bits per heavy atom. The van der Waals surface area contributed by atoms with Gasteiger partial charge in [0.2, 0.25) is 5.91 Å². The van der Waals surface area contributed by atoms with Crippen molar-refractivity contribution in [2.45, 2.75) is 25.6 Å². The van der Waals surface area contributed by atoms with E-state index < -0.39 is 0 Å². The molecule has 0 aliphatic heterocycles. The largest absolute Gasteiger partial charge is 0.309 e. The summed E-state index contributed by atoms with van der Waals surface area (Å²) in [6.07, 6.45) is 1.52. The van der Waals surface area contributed by atoms with E-state index in [9.17, 15) is 10.1 Å². The fourth-order valence-corrected chi connectivity index (χ4v) is 2.41. The van der Waals surface area contributed by atoms with Crippen molar-refractivity contribution in [1.82, 2.24) is 9.78 Å². The number of alkyl halides is 1. The van der Waals surface area contributed by atoms with Crippen LogP contribution in [0.3, 0.4) is 0 Å². The molecule has 1 atom stereocenters. The number of carbonyl (C=O) groups excluding carboxylic acids is 1. The molecule has 0 saturated carbocycles. The molecule has 0 aliphatic rings. The van der Waals surface area contributed by atoms with Crippen LogP contribution in [0, 0.1) is 18.3 Å². The molecule has 1 amide bonds. The van der Waals surface area contributed by atoms with E-state index in [-0.39, 0.29) is 29.1 Å². The summed E-state index contributed by atoms with van der Waals surface area (Å²) in [7, 11) is 0. The third-order valence-corrected chi connectivity index (χ3v) is 3.40. The molecule has 5 nitrogen and oxygen atoms in total. The normalized spacial score (nSPS) is 11.8. The van der Waals surface area contributed by atoms with Crippen LogP contribution in [0.15, 0.2) is 24.4 Å². The van der Waals surface area contributed by atoms with E-state index in [2.05, 4.69) is 10.4 Å². The summed E-state index contributed by atoms with van der Waals surface area (Å²) in [4.78, 5) is 11.9. The molecule has 7 heteroatoms. The molecule has 0 aliphatic carbocycles. The molecule has 2 rings (SSSR count). The lowest BCUT2D eigenvalue weighted by Gasteiger charge is -2.11. The summed E-state index contributed by atoms with van der Waals surface area (Å²) in [6.45, 7) is 3.64. The Kier molecular flexibility index (Phi) is 5.07. The minimum atomic E-state index is -0.301. The number of aromatic nitrogens is 2. The maximum atomic E-state index is 11.9. The van der Waals surface area contributed by atoms with Gasteiger partial charge in [0.15, 0.2) is 5.82 Å². The second-order valence-electron chi connectivity index (χ2n) is 4.92. The van der Waals surface area contributed by atoms with Crippen LogP contribution in [0.25, 0.3) is 5.69 Å². The summed E-state index contributed by atoms with van der Waals surface area (Å²) in [5.74, 6) is -0.000413. The van der Waals surface area contributed by atoms with Crippen molar-refractivity contribution in [2.75, 3.05) is 5.32 Å². The predicted molar refractivity (Wildman–Crippen MR) is 86.6 cm³/mol. The number of benzene rings is 1. The second kappa shape index (κ2) is 6.82. The highest BCUT2D eigenvalue weighted by Crippen LogP contribution is 2.26. The highest BCUT2D eigenvalue weighted by molar-refractivity contribution is 6.32. The molecule has 114 valence electrons. The summed E-state index contributed by atoms with van der Waals surface area (Å²) >= 11 is 12.0. The first-order chi connectivity index (χ1) is 10.4. The summed E-state index contributed by atoms with van der Waals surface area (Å²) in [5.41, 5.74) is 1.85. The van der Waals surface area contributed by atoms with Crippen LogP contribution < -0.4 is 5.32 Å². The molecule has 1 aromatic carbocycles. The number of nitrogens with zero attached hydrogens (tertiary/aromatic N) is 3. The third kappa shape index (κ3) is 3.59. The van der Waals surface area contributed by atoms with E-state index in [1.165, 1.54) is 10.9 Å². The van der Waals surface area contributed by atoms with Gasteiger partial charge in [-0.25, -0.2) is 4.68 Å². The standard InChI is InChI=1S/C15H14Cl2N4O/c1-9-3-4-13(12(17)5-9)21-15(11(7-18)8-19-21)20-14(22)6-10(2)16/h3-5,8,10H,6H2,1-2H3,(H,20,22). The highest BCUT2D eigenvalue weighted by Gasteiger charge is 2.17. The van der Waals surface area contributed by atoms with Gasteiger partial charge in [0.25, 0.3) is 0 Å². The summed E-state index contributed by atoms with van der Waals surface area (Å²) in [5, 5.41) is 16.2. The zero-order valence-corrected chi connectivity index (χ0v) is 13.6. The molecule has 2 aromatic rings. The van der Waals surface area contributed by atoms with Crippen molar-refractivity contribution in [3.8, 4) is 11.8 Å². The maximum Gasteiger partial charge on any atom is 0.227 e. The van der Waals surface area contributed by atoms with E-state index in [0.717, 1.165) is 5.56 Å². The van der Waals surface area contributed by atoms with Crippen molar-refractivity contribution in [2.24, 2.45) is 0 Å². The van der Waals surface area contributed by atoms with Crippen molar-refractivity contribution in [1.29, 1.82) is 5.26 Å². The Hall–Kier alpha value is -2.03. The first kappa shape index (κ1) is 16.3. The van der Waals surface area contributed by atoms with Crippen LogP contribution in [-0.2, 0) is 4.79 Å². The van der Waals surface area contributed by atoms with Gasteiger partial charge in [0.1, 0.15) is 11.6 Å². The van der Waals surface area contributed by atoms with Crippen molar-refractivity contribution >= 4 is 34.9 Å². The molecule has 0 bridgehead atoms. The van der Waals surface area contributed by atoms with E-state index in [4.69, 9.17) is 23.2 Å². The molecular weight excluding hydrogens is 323 g/mol. The fourth-order valence-electron chi connectivity index (χ4n) is 1.96. The van der Waals surface area contributed by atoms with Gasteiger partial charge in [-0.2, -0.15) is 10.4 Å². The minimum Gasteiger partial charge on any atom is -0.309 e. The minimum absolute atomic E-state index is 0.138. The van der Waals surface area contributed by atoms with Crippen molar-refractivity contribution in [3.05, 3.63) is 40.5 Å². The lowest BCUT2D eigenvalue weighted by atomic mass is 10.2. The monoisotopic (exact) mass is 336 g/mol. The van der Waals surface area contributed by atoms with Gasteiger partial charge < -0.3 is 5.32 Å². The van der Waals surface area contributed by atoms with Gasteiger partial charge >= 0.3 is 0 Å². The number of rotatable bonds is 4. The first-order valence-corrected chi connectivity index (χ1v) is 7.42. The molecule has 1 aromatic heterocycles. The van der Waals surface area contributed by atoms with Crippen LogP contribution in [-0.4, -0.2) is 21.1 Å². The first-order valence-electron chi connectivity index (χ1n) is 6.61. The quantitative estimate of drug-likeness (QED) is 0.866. The van der Waals surface area contributed by atoms with Gasteiger partial charge in [0.05, 0.1) is 16.9 Å². The Labute approximate surface area is 138 Å². The molecule has 0 spiro atoms. The van der Waals surface area contributed by atoms with Gasteiger partial charge in [-0.15, -0.1) is 11.6 Å². The highest BCUT2D eigenvalue weighted by atomic mass is 35.5. The topological polar surface area (TPSA) is 70.7 Å². The number of nitriles is 1. The fraction of sp³-hybridized carbons (Fsp3) is 0.267. The summed E-state index contributed by atoms with van der Waals surface area (Å²) in [6, 6.07) is 7.45. The molecule has 0 fully saturated rings. The van der Waals surface area contributed by atoms with Crippen molar-refractivity contribution in [3.63, 3.8) is 0 Å². The van der Waals surface area contributed by atoms with E-state index >= 15 is 0 Å². The zero-order valence-electron chi connectivity index (χ0n) is 12.1. The molecule has 1 heterocycles. The van der Waals surface area contributed by atoms with E-state index in [0.29, 0.717) is 10.7 Å². The second-order valence-corrected chi connectivity index (χ2v) is 6.07. The Morgan fingerprint density at radius 3 is 2.86 bits per heavy atom. The third-order valence-electron chi connectivity index (χ3n) is 2.95. The number of hydrogen-bond donors (Lipinski definition) is 1. The molecular formula is C15H14Cl2N4O. The number of aryl methyl sites for hydroxylation is 1. The lowest BCUT2D eigenvalue weighted by Crippen LogP contribution is -2.18. The number of halogens is 2. The van der Waals surface area contributed by atoms with Crippen LogP contribution in [0.2, 0.25) is 5.02 Å². The summed E-state index contributed by atoms with van der Waals surface area (Å²) < 4.78 is 1.44. The van der Waals surface area contributed by atoms with Crippen LogP contribution in [0.5, 0.6) is 0 Å². The van der Waals surface area contributed by atoms with Crippen LogP contribution in [0.4, 0.5) is 5.82 Å². The van der Waals surface area contributed by atoms with Gasteiger partial charge in [0, 0.05) is 11.8 Å². The average molecular weight is 337 g/mol. The molecule has 0 radical (unpaired) electrons. The van der Waals surface area contributed by atoms with E-state index in [1.807, 2.05) is 19.1 Å². The van der Waals surface area contributed by atoms with Gasteiger partial charge in [-0.05, 0) is 31.5 Å². The Bertz CT molecular complexity index is 746. The number of carbonyl (C=O) groups is 1. The average Bonchev–Trinajstić information content (AvgIpc) is 2.80. The zero-order chi connectivity index (χ0) is 16.3. The molecule has 1 unspecified atom stereocenters. The van der Waals surface area contributed by atoms with E-state index in [1.54, 1.807) is 19.1 Å². The number of anilines is 1. The Balaban J connectivity index is 2.43. The van der Waals surface area contributed by atoms with Gasteiger partial charge in [-0.3, -0.25) is 4.79 Å². The predicted octanol–water partition coefficient (Wildman–Crippen LogP) is 3.66. The lowest BCUT2D eigenvalue weighted by molar-refractivity contribution is -0.116. The van der Waals surface area contributed by atoms with Gasteiger partial charge in [-0.1, -0.05) is 17.7 Å². The van der Waals surface area contributed by atoms with Crippen LogP contribution >= 0.6 is 23.2 Å². The smallest absolute Gasteiger partial charge is 0.227 e. The number of nitrogens with one attached hydrogen (secondary N) is 1. The Morgan fingerprint density at radius 2 is 2.27 bits per heavy atom. The SMILES string of the molecule is Cc1ccc(-n2ncc(C#N)c2NC(=O)CC(C)Cl)c(Cl)c1. The molecule has 0 saturated heterocycles. The number of hydrogen-bond acceptors (Lipinski definition) is 3. The molecule has 1 N–H and O–H groups in total. The van der Waals surface area contributed by atoms with Crippen LogP contribution in [0.1, 0.15) is 24.5 Å². The van der Waals surface area contributed by atoms with Crippen molar-refractivity contribution < 1.29 is 4.79 Å². The maximum absolute atomic E-state index is 11.9.